The van der Waals surface area contributed by atoms with Crippen molar-refractivity contribution in [2.45, 2.75) is 38.8 Å². The molecule has 1 unspecified atom stereocenters. The minimum absolute atomic E-state index is 0.0443. The molecule has 9 heteroatoms. The van der Waals surface area contributed by atoms with Gasteiger partial charge in [0.25, 0.3) is 5.91 Å². The molecule has 3 saturated heterocycles. The van der Waals surface area contributed by atoms with Crippen LogP contribution in [-0.2, 0) is 16.1 Å². The van der Waals surface area contributed by atoms with Crippen LogP contribution in [0.3, 0.4) is 0 Å². The Labute approximate surface area is 184 Å². The monoisotopic (exact) mass is 433 g/mol. The summed E-state index contributed by atoms with van der Waals surface area (Å²) in [6, 6.07) is -0.0443. The van der Waals surface area contributed by atoms with E-state index < -0.39 is 0 Å². The van der Waals surface area contributed by atoms with Crippen LogP contribution in [0.5, 0.6) is 0 Å². The van der Waals surface area contributed by atoms with Crippen molar-refractivity contribution in [3.8, 4) is 0 Å². The Morgan fingerprint density at radius 1 is 1.10 bits per heavy atom. The van der Waals surface area contributed by atoms with Gasteiger partial charge in [0.15, 0.2) is 5.69 Å². The number of hydrogen-bond acceptors (Lipinski definition) is 7. The van der Waals surface area contributed by atoms with Gasteiger partial charge in [-0.15, -0.1) is 0 Å². The lowest BCUT2D eigenvalue weighted by molar-refractivity contribution is -0.137. The maximum absolute atomic E-state index is 13.2. The van der Waals surface area contributed by atoms with Crippen LogP contribution in [0.4, 0.5) is 0 Å². The third-order valence-corrected chi connectivity index (χ3v) is 7.43. The Morgan fingerprint density at radius 2 is 1.77 bits per heavy atom. The van der Waals surface area contributed by atoms with Gasteiger partial charge in [-0.05, 0) is 45.7 Å². The van der Waals surface area contributed by atoms with Crippen molar-refractivity contribution in [3.05, 3.63) is 17.0 Å². The van der Waals surface area contributed by atoms with Crippen molar-refractivity contribution < 1.29 is 18.8 Å². The fourth-order valence-electron chi connectivity index (χ4n) is 5.35. The Kier molecular flexibility index (Phi) is 6.37. The predicted molar refractivity (Wildman–Crippen MR) is 115 cm³/mol. The van der Waals surface area contributed by atoms with Gasteiger partial charge in [0, 0.05) is 52.9 Å². The highest BCUT2D eigenvalue weighted by Gasteiger charge is 2.48. The third-order valence-electron chi connectivity index (χ3n) is 7.43. The molecule has 1 aromatic heterocycles. The number of amides is 2. The van der Waals surface area contributed by atoms with Gasteiger partial charge in [0.2, 0.25) is 5.91 Å². The Morgan fingerprint density at radius 3 is 2.42 bits per heavy atom. The fraction of sp³-hybridized carbons (Fsp3) is 0.773. The van der Waals surface area contributed by atoms with Gasteiger partial charge in [0.05, 0.1) is 18.2 Å². The summed E-state index contributed by atoms with van der Waals surface area (Å²) in [5.41, 5.74) is 1.20. The van der Waals surface area contributed by atoms with Crippen LogP contribution in [0.2, 0.25) is 0 Å². The molecule has 0 aliphatic carbocycles. The average molecular weight is 434 g/mol. The number of hydrogen-bond donors (Lipinski definition) is 0. The van der Waals surface area contributed by atoms with E-state index in [0.29, 0.717) is 31.2 Å². The maximum atomic E-state index is 13.2. The van der Waals surface area contributed by atoms with Gasteiger partial charge in [-0.1, -0.05) is 5.16 Å². The molecule has 4 rings (SSSR count). The molecule has 1 atom stereocenters. The molecule has 0 radical (unpaired) electrons. The normalized spacial score (nSPS) is 24.8. The van der Waals surface area contributed by atoms with Crippen LogP contribution in [0, 0.1) is 12.3 Å². The quantitative estimate of drug-likeness (QED) is 0.696. The van der Waals surface area contributed by atoms with Crippen LogP contribution in [0.25, 0.3) is 0 Å². The highest BCUT2D eigenvalue weighted by molar-refractivity contribution is 5.93. The van der Waals surface area contributed by atoms with Crippen LogP contribution in [-0.4, -0.2) is 110 Å². The van der Waals surface area contributed by atoms with E-state index in [1.807, 2.05) is 9.80 Å². The fourth-order valence-corrected chi connectivity index (χ4v) is 5.35. The van der Waals surface area contributed by atoms with Gasteiger partial charge in [-0.2, -0.15) is 0 Å². The van der Waals surface area contributed by atoms with Crippen molar-refractivity contribution in [3.63, 3.8) is 0 Å². The Hall–Kier alpha value is -1.97. The van der Waals surface area contributed by atoms with Crippen molar-refractivity contribution in [1.29, 1.82) is 0 Å². The molecule has 9 nitrogen and oxygen atoms in total. The van der Waals surface area contributed by atoms with Gasteiger partial charge < -0.3 is 24.0 Å². The van der Waals surface area contributed by atoms with Crippen molar-refractivity contribution >= 4 is 11.8 Å². The molecule has 4 heterocycles. The number of aryl methyl sites for hydroxylation is 1. The zero-order valence-corrected chi connectivity index (χ0v) is 19.2. The molecule has 31 heavy (non-hydrogen) atoms. The number of carbonyl (C=O) groups is 2. The second kappa shape index (κ2) is 8.88. The summed E-state index contributed by atoms with van der Waals surface area (Å²) in [7, 11) is 5.77. The SMILES string of the molecule is COCc1c(C(=O)N2CCC3(CC2)CC(C(=O)N2CCN(C)CC2)N(C)C3)noc1C. The molecule has 1 spiro atoms. The van der Waals surface area contributed by atoms with E-state index in [1.165, 1.54) is 0 Å². The summed E-state index contributed by atoms with van der Waals surface area (Å²) in [4.78, 5) is 34.6. The number of likely N-dealkylation sites (N-methyl/N-ethyl adjacent to an activating group) is 2. The lowest BCUT2D eigenvalue weighted by Gasteiger charge is -2.39. The van der Waals surface area contributed by atoms with Crippen LogP contribution in [0.15, 0.2) is 4.52 Å². The number of aromatic nitrogens is 1. The van der Waals surface area contributed by atoms with Gasteiger partial charge in [-0.25, -0.2) is 0 Å². The first kappa shape index (κ1) is 22.2. The topological polar surface area (TPSA) is 82.4 Å². The zero-order valence-electron chi connectivity index (χ0n) is 19.2. The van der Waals surface area contributed by atoms with E-state index in [-0.39, 0.29) is 23.3 Å². The number of piperidine rings is 1. The summed E-state index contributed by atoms with van der Waals surface area (Å²) < 4.78 is 10.5. The standard InChI is InChI=1S/C22H35N5O4/c1-16-17(14-30-4)19(23-31-16)21(29)26-7-5-22(6-8-26)13-18(25(3)15-22)20(28)27-11-9-24(2)10-12-27/h18H,5-15H2,1-4H3. The molecule has 0 N–H and O–H groups in total. The predicted octanol–water partition coefficient (Wildman–Crippen LogP) is 0.830. The van der Waals surface area contributed by atoms with Crippen LogP contribution < -0.4 is 0 Å². The second-order valence-electron chi connectivity index (χ2n) is 9.55. The van der Waals surface area contributed by atoms with E-state index >= 15 is 0 Å². The average Bonchev–Trinajstić information content (AvgIpc) is 3.28. The number of rotatable bonds is 4. The molecule has 0 bridgehead atoms. The lowest BCUT2D eigenvalue weighted by atomic mass is 9.76. The molecular formula is C22H35N5O4. The molecule has 0 aromatic carbocycles. The third kappa shape index (κ3) is 4.36. The number of piperazine rings is 1. The molecular weight excluding hydrogens is 398 g/mol. The summed E-state index contributed by atoms with van der Waals surface area (Å²) in [5, 5.41) is 3.99. The van der Waals surface area contributed by atoms with Crippen molar-refractivity contribution in [2.75, 3.05) is 67.0 Å². The van der Waals surface area contributed by atoms with Gasteiger partial charge in [-0.3, -0.25) is 14.5 Å². The summed E-state index contributed by atoms with van der Waals surface area (Å²) in [5.74, 6) is 0.810. The van der Waals surface area contributed by atoms with E-state index in [0.717, 1.165) is 57.5 Å². The second-order valence-corrected chi connectivity index (χ2v) is 9.55. The number of methoxy groups -OCH3 is 1. The molecule has 3 aliphatic rings. The highest BCUT2D eigenvalue weighted by atomic mass is 16.5. The molecule has 3 aliphatic heterocycles. The molecule has 172 valence electrons. The van der Waals surface area contributed by atoms with Crippen molar-refractivity contribution in [1.82, 2.24) is 24.8 Å². The summed E-state index contributed by atoms with van der Waals surface area (Å²) in [6.07, 6.45) is 2.70. The molecule has 0 saturated carbocycles. The number of likely N-dealkylation sites (tertiary alicyclic amines) is 2. The number of carbonyl (C=O) groups excluding carboxylic acids is 2. The first-order chi connectivity index (χ1) is 14.8. The molecule has 3 fully saturated rings. The minimum atomic E-state index is -0.0878. The van der Waals surface area contributed by atoms with Crippen molar-refractivity contribution in [2.24, 2.45) is 5.41 Å². The maximum Gasteiger partial charge on any atom is 0.276 e. The van der Waals surface area contributed by atoms with Gasteiger partial charge >= 0.3 is 0 Å². The zero-order chi connectivity index (χ0) is 22.2. The van der Waals surface area contributed by atoms with Crippen LogP contribution in [0.1, 0.15) is 41.1 Å². The first-order valence-electron chi connectivity index (χ1n) is 11.2. The molecule has 2 amide bonds. The lowest BCUT2D eigenvalue weighted by Crippen LogP contribution is -2.52. The Bertz CT molecular complexity index is 809. The summed E-state index contributed by atoms with van der Waals surface area (Å²) in [6.45, 7) is 7.90. The number of nitrogens with zero attached hydrogens (tertiary/aromatic N) is 5. The summed E-state index contributed by atoms with van der Waals surface area (Å²) >= 11 is 0. The minimum Gasteiger partial charge on any atom is -0.380 e. The smallest absolute Gasteiger partial charge is 0.276 e. The van der Waals surface area contributed by atoms with Gasteiger partial charge in [0.1, 0.15) is 5.76 Å². The number of ether oxygens (including phenoxy) is 1. The highest BCUT2D eigenvalue weighted by Crippen LogP contribution is 2.43. The van der Waals surface area contributed by atoms with E-state index in [2.05, 4.69) is 29.1 Å². The van der Waals surface area contributed by atoms with E-state index in [4.69, 9.17) is 9.26 Å². The van der Waals surface area contributed by atoms with E-state index in [1.54, 1.807) is 14.0 Å². The Balaban J connectivity index is 1.37. The first-order valence-corrected chi connectivity index (χ1v) is 11.2. The van der Waals surface area contributed by atoms with E-state index in [9.17, 15) is 9.59 Å². The molecule has 1 aromatic rings. The van der Waals surface area contributed by atoms with Crippen LogP contribution >= 0.6 is 0 Å². The largest absolute Gasteiger partial charge is 0.380 e.